The zero-order chi connectivity index (χ0) is 11.5. The minimum absolute atomic E-state index is 0.471. The van der Waals surface area contributed by atoms with Crippen molar-refractivity contribution in [1.82, 2.24) is 10.3 Å². The Morgan fingerprint density at radius 1 is 1.44 bits per heavy atom. The molecule has 1 aromatic carbocycles. The van der Waals surface area contributed by atoms with Crippen LogP contribution in [0.1, 0.15) is 12.6 Å². The summed E-state index contributed by atoms with van der Waals surface area (Å²) in [5, 5.41) is 4.39. The van der Waals surface area contributed by atoms with Crippen molar-refractivity contribution < 1.29 is 4.74 Å². The summed E-state index contributed by atoms with van der Waals surface area (Å²) in [4.78, 5) is 3.42. The summed E-state index contributed by atoms with van der Waals surface area (Å²) in [6, 6.07) is 8.71. The van der Waals surface area contributed by atoms with Gasteiger partial charge in [-0.1, -0.05) is 6.07 Å². The highest BCUT2D eigenvalue weighted by atomic mass is 16.5. The molecule has 0 saturated heterocycles. The first kappa shape index (κ1) is 11.0. The molecule has 0 radical (unpaired) electrons. The Labute approximate surface area is 95.8 Å². The third kappa shape index (κ3) is 2.04. The Morgan fingerprint density at radius 2 is 2.25 bits per heavy atom. The molecule has 1 aromatic heterocycles. The number of ether oxygens (including phenoxy) is 1. The van der Waals surface area contributed by atoms with Crippen molar-refractivity contribution in [3.8, 4) is 5.75 Å². The van der Waals surface area contributed by atoms with Gasteiger partial charge in [0.25, 0.3) is 0 Å². The van der Waals surface area contributed by atoms with Gasteiger partial charge in [0.2, 0.25) is 0 Å². The summed E-state index contributed by atoms with van der Waals surface area (Å²) in [6.45, 7) is 2.17. The Bertz CT molecular complexity index is 476. The molecule has 2 rings (SSSR count). The molecule has 1 heterocycles. The topological polar surface area (TPSA) is 37.0 Å². The van der Waals surface area contributed by atoms with E-state index < -0.39 is 0 Å². The maximum atomic E-state index is 5.34. The SMILES string of the molecule is CNC(C)Cc1cc2c(OC)cccc2[nH]1. The van der Waals surface area contributed by atoms with Gasteiger partial charge in [0.05, 0.1) is 7.11 Å². The highest BCUT2D eigenvalue weighted by Crippen LogP contribution is 2.26. The van der Waals surface area contributed by atoms with E-state index in [0.29, 0.717) is 6.04 Å². The molecule has 0 amide bonds. The van der Waals surface area contributed by atoms with E-state index in [1.54, 1.807) is 7.11 Å². The Kier molecular flexibility index (Phi) is 3.15. The summed E-state index contributed by atoms with van der Waals surface area (Å²) < 4.78 is 5.34. The first-order valence-electron chi connectivity index (χ1n) is 5.56. The van der Waals surface area contributed by atoms with Crippen LogP contribution in [-0.4, -0.2) is 25.2 Å². The summed E-state index contributed by atoms with van der Waals surface area (Å²) in [5.74, 6) is 0.928. The van der Waals surface area contributed by atoms with Crippen LogP contribution < -0.4 is 10.1 Å². The molecule has 0 aliphatic rings. The van der Waals surface area contributed by atoms with Crippen LogP contribution in [0.3, 0.4) is 0 Å². The van der Waals surface area contributed by atoms with Gasteiger partial charge in [-0.2, -0.15) is 0 Å². The maximum absolute atomic E-state index is 5.34. The second kappa shape index (κ2) is 4.58. The number of rotatable bonds is 4. The number of methoxy groups -OCH3 is 1. The van der Waals surface area contributed by atoms with Gasteiger partial charge in [-0.05, 0) is 32.2 Å². The van der Waals surface area contributed by atoms with Crippen LogP contribution >= 0.6 is 0 Å². The van der Waals surface area contributed by atoms with E-state index in [1.165, 1.54) is 5.69 Å². The molecular weight excluding hydrogens is 200 g/mol. The molecule has 2 aromatic rings. The number of H-pyrrole nitrogens is 1. The zero-order valence-corrected chi connectivity index (χ0v) is 10.0. The average molecular weight is 218 g/mol. The first-order chi connectivity index (χ1) is 7.74. The molecule has 0 aliphatic carbocycles. The van der Waals surface area contributed by atoms with Crippen molar-refractivity contribution in [3.05, 3.63) is 30.0 Å². The molecule has 1 unspecified atom stereocenters. The van der Waals surface area contributed by atoms with E-state index in [0.717, 1.165) is 23.1 Å². The predicted molar refractivity (Wildman–Crippen MR) is 67.1 cm³/mol. The summed E-state index contributed by atoms with van der Waals surface area (Å²) in [5.41, 5.74) is 2.37. The second-order valence-electron chi connectivity index (χ2n) is 4.11. The number of likely N-dealkylation sites (N-methyl/N-ethyl adjacent to an activating group) is 1. The number of benzene rings is 1. The van der Waals surface area contributed by atoms with E-state index in [9.17, 15) is 0 Å². The van der Waals surface area contributed by atoms with Gasteiger partial charge in [-0.3, -0.25) is 0 Å². The van der Waals surface area contributed by atoms with Gasteiger partial charge >= 0.3 is 0 Å². The number of fused-ring (bicyclic) bond motifs is 1. The summed E-state index contributed by atoms with van der Waals surface area (Å²) in [7, 11) is 3.69. The van der Waals surface area contributed by atoms with E-state index in [1.807, 2.05) is 19.2 Å². The molecule has 0 saturated carbocycles. The molecule has 0 spiro atoms. The maximum Gasteiger partial charge on any atom is 0.128 e. The standard InChI is InChI=1S/C13H18N2O/c1-9(14-2)7-10-8-11-12(15-10)5-4-6-13(11)16-3/h4-6,8-9,14-15H,7H2,1-3H3. The van der Waals surface area contributed by atoms with Crippen LogP contribution in [0.25, 0.3) is 10.9 Å². The van der Waals surface area contributed by atoms with Gasteiger partial charge in [-0.15, -0.1) is 0 Å². The molecule has 0 aliphatic heterocycles. The van der Waals surface area contributed by atoms with Crippen LogP contribution in [-0.2, 0) is 6.42 Å². The molecule has 0 fully saturated rings. The van der Waals surface area contributed by atoms with Crippen LogP contribution in [0, 0.1) is 0 Å². The van der Waals surface area contributed by atoms with Gasteiger partial charge < -0.3 is 15.0 Å². The number of hydrogen-bond acceptors (Lipinski definition) is 2. The minimum atomic E-state index is 0.471. The van der Waals surface area contributed by atoms with Crippen LogP contribution in [0.4, 0.5) is 0 Å². The third-order valence-electron chi connectivity index (χ3n) is 2.92. The first-order valence-corrected chi connectivity index (χ1v) is 5.56. The lowest BCUT2D eigenvalue weighted by atomic mass is 10.1. The van der Waals surface area contributed by atoms with Crippen LogP contribution in [0.2, 0.25) is 0 Å². The monoisotopic (exact) mass is 218 g/mol. The lowest BCUT2D eigenvalue weighted by Gasteiger charge is -2.07. The van der Waals surface area contributed by atoms with Crippen molar-refractivity contribution in [2.75, 3.05) is 14.2 Å². The van der Waals surface area contributed by atoms with E-state index >= 15 is 0 Å². The number of aromatic amines is 1. The normalized spacial score (nSPS) is 12.9. The predicted octanol–water partition coefficient (Wildman–Crippen LogP) is 2.33. The van der Waals surface area contributed by atoms with Crippen LogP contribution in [0.5, 0.6) is 5.75 Å². The zero-order valence-electron chi connectivity index (χ0n) is 10.0. The molecule has 2 N–H and O–H groups in total. The van der Waals surface area contributed by atoms with Crippen molar-refractivity contribution in [2.24, 2.45) is 0 Å². The highest BCUT2D eigenvalue weighted by Gasteiger charge is 2.07. The summed E-state index contributed by atoms with van der Waals surface area (Å²) in [6.07, 6.45) is 0.994. The molecule has 3 heteroatoms. The fourth-order valence-corrected chi connectivity index (χ4v) is 1.91. The molecule has 3 nitrogen and oxygen atoms in total. The summed E-state index contributed by atoms with van der Waals surface area (Å²) >= 11 is 0. The van der Waals surface area contributed by atoms with Gasteiger partial charge in [0.15, 0.2) is 0 Å². The molecule has 16 heavy (non-hydrogen) atoms. The molecular formula is C13H18N2O. The molecule has 86 valence electrons. The van der Waals surface area contributed by atoms with Gasteiger partial charge in [0, 0.05) is 29.1 Å². The average Bonchev–Trinajstić information content (AvgIpc) is 2.70. The number of nitrogens with one attached hydrogen (secondary N) is 2. The Balaban J connectivity index is 2.36. The molecule has 1 atom stereocenters. The lowest BCUT2D eigenvalue weighted by Crippen LogP contribution is -2.23. The quantitative estimate of drug-likeness (QED) is 0.826. The molecule has 0 bridgehead atoms. The second-order valence-corrected chi connectivity index (χ2v) is 4.11. The van der Waals surface area contributed by atoms with Crippen LogP contribution in [0.15, 0.2) is 24.3 Å². The smallest absolute Gasteiger partial charge is 0.128 e. The number of hydrogen-bond donors (Lipinski definition) is 2. The van der Waals surface area contributed by atoms with Gasteiger partial charge in [-0.25, -0.2) is 0 Å². The van der Waals surface area contributed by atoms with E-state index in [4.69, 9.17) is 4.74 Å². The highest BCUT2D eigenvalue weighted by molar-refractivity contribution is 5.86. The third-order valence-corrected chi connectivity index (χ3v) is 2.92. The fourth-order valence-electron chi connectivity index (χ4n) is 1.91. The van der Waals surface area contributed by atoms with Crippen molar-refractivity contribution in [2.45, 2.75) is 19.4 Å². The van der Waals surface area contributed by atoms with Crippen molar-refractivity contribution >= 4 is 10.9 Å². The Morgan fingerprint density at radius 3 is 2.94 bits per heavy atom. The minimum Gasteiger partial charge on any atom is -0.496 e. The van der Waals surface area contributed by atoms with E-state index in [2.05, 4.69) is 29.4 Å². The van der Waals surface area contributed by atoms with Crippen molar-refractivity contribution in [1.29, 1.82) is 0 Å². The van der Waals surface area contributed by atoms with Crippen molar-refractivity contribution in [3.63, 3.8) is 0 Å². The largest absolute Gasteiger partial charge is 0.496 e. The number of aromatic nitrogens is 1. The lowest BCUT2D eigenvalue weighted by molar-refractivity contribution is 0.420. The van der Waals surface area contributed by atoms with Gasteiger partial charge in [0.1, 0.15) is 5.75 Å². The fraction of sp³-hybridized carbons (Fsp3) is 0.385. The van der Waals surface area contributed by atoms with E-state index in [-0.39, 0.29) is 0 Å². The Hall–Kier alpha value is -1.48.